The van der Waals surface area contributed by atoms with E-state index in [-0.39, 0.29) is 6.04 Å². The zero-order chi connectivity index (χ0) is 31.3. The van der Waals surface area contributed by atoms with Crippen LogP contribution in [0.3, 0.4) is 0 Å². The van der Waals surface area contributed by atoms with Crippen molar-refractivity contribution in [2.45, 2.75) is 86.2 Å². The fourth-order valence-corrected chi connectivity index (χ4v) is 5.12. The van der Waals surface area contributed by atoms with Crippen LogP contribution in [-0.4, -0.2) is 51.6 Å². The van der Waals surface area contributed by atoms with Gasteiger partial charge in [-0.05, 0) is 87.7 Å². The number of aromatic nitrogens is 1. The van der Waals surface area contributed by atoms with Crippen LogP contribution in [-0.2, 0) is 4.74 Å². The molecule has 1 aromatic rings. The van der Waals surface area contributed by atoms with Crippen molar-refractivity contribution in [2.75, 3.05) is 19.6 Å². The van der Waals surface area contributed by atoms with Crippen LogP contribution in [0.1, 0.15) is 79.7 Å². The molecule has 4 rings (SSSR count). The lowest BCUT2D eigenvalue weighted by molar-refractivity contribution is 0.120. The summed E-state index contributed by atoms with van der Waals surface area (Å²) >= 11 is 0. The van der Waals surface area contributed by atoms with E-state index in [0.717, 1.165) is 54.0 Å². The molecule has 5 heteroatoms. The number of aliphatic hydroxyl groups is 1. The van der Waals surface area contributed by atoms with Gasteiger partial charge in [-0.15, -0.1) is 0 Å². The number of aliphatic hydroxyl groups excluding tert-OH is 1. The Morgan fingerprint density at radius 2 is 1.86 bits per heavy atom. The summed E-state index contributed by atoms with van der Waals surface area (Å²) in [5.74, 6) is 1.96. The maximum atomic E-state index is 8.00. The lowest BCUT2D eigenvalue weighted by Gasteiger charge is -2.44. The van der Waals surface area contributed by atoms with Gasteiger partial charge in [0.1, 0.15) is 17.6 Å². The van der Waals surface area contributed by atoms with Crippen LogP contribution in [0.4, 0.5) is 0 Å². The van der Waals surface area contributed by atoms with Crippen molar-refractivity contribution < 1.29 is 9.84 Å². The predicted octanol–water partition coefficient (Wildman–Crippen LogP) is 9.54. The molecule has 1 fully saturated rings. The molecule has 1 N–H and O–H groups in total. The number of hydrogen-bond acceptors (Lipinski definition) is 5. The van der Waals surface area contributed by atoms with Crippen molar-refractivity contribution >= 4 is 5.57 Å². The van der Waals surface area contributed by atoms with Crippen LogP contribution < -0.4 is 0 Å². The predicted molar refractivity (Wildman–Crippen MR) is 182 cm³/mol. The Kier molecular flexibility index (Phi) is 18.4. The molecule has 0 saturated carbocycles. The zero-order valence-corrected chi connectivity index (χ0v) is 27.2. The van der Waals surface area contributed by atoms with E-state index in [1.165, 1.54) is 37.6 Å². The largest absolute Gasteiger partial charge is 0.516 e. The Morgan fingerprint density at radius 1 is 1.14 bits per heavy atom. The van der Waals surface area contributed by atoms with E-state index < -0.39 is 0 Å². The lowest BCUT2D eigenvalue weighted by atomic mass is 9.98. The Bertz CT molecular complexity index is 1120. The number of hydrogen-bond donors (Lipinski definition) is 1. The fourth-order valence-electron chi connectivity index (χ4n) is 5.12. The normalized spacial score (nSPS) is 21.4. The minimum Gasteiger partial charge on any atom is -0.516 e. The average molecular weight is 574 g/mol. The Morgan fingerprint density at radius 3 is 2.43 bits per heavy atom. The number of allylic oxidation sites excluding steroid dienone is 9. The molecule has 0 amide bonds. The summed E-state index contributed by atoms with van der Waals surface area (Å²) in [5.41, 5.74) is 4.46. The van der Waals surface area contributed by atoms with Gasteiger partial charge in [0.25, 0.3) is 0 Å². The summed E-state index contributed by atoms with van der Waals surface area (Å²) in [7, 11) is 0. The molecule has 1 aromatic heterocycles. The molecule has 3 heterocycles. The quantitative estimate of drug-likeness (QED) is 0.271. The molecule has 230 valence electrons. The van der Waals surface area contributed by atoms with Crippen LogP contribution in [0.5, 0.6) is 0 Å². The van der Waals surface area contributed by atoms with Crippen molar-refractivity contribution in [2.24, 2.45) is 0 Å². The highest BCUT2D eigenvalue weighted by Gasteiger charge is 2.36. The van der Waals surface area contributed by atoms with Crippen LogP contribution >= 0.6 is 0 Å². The molecular weight excluding hydrogens is 518 g/mol. The van der Waals surface area contributed by atoms with Gasteiger partial charge >= 0.3 is 0 Å². The van der Waals surface area contributed by atoms with E-state index in [4.69, 9.17) is 9.84 Å². The fraction of sp³-hybridized carbons (Fsp3) is 0.432. The van der Waals surface area contributed by atoms with Crippen molar-refractivity contribution in [3.63, 3.8) is 0 Å². The first-order chi connectivity index (χ1) is 20.5. The third-order valence-electron chi connectivity index (χ3n) is 7.03. The number of ether oxygens (including phenoxy) is 1. The smallest absolute Gasteiger partial charge is 0.147 e. The minimum atomic E-state index is 0.0965. The molecule has 0 radical (unpaired) electrons. The highest BCUT2D eigenvalue weighted by molar-refractivity contribution is 5.76. The van der Waals surface area contributed by atoms with Crippen LogP contribution in [0, 0.1) is 0 Å². The zero-order valence-electron chi connectivity index (χ0n) is 27.2. The van der Waals surface area contributed by atoms with Gasteiger partial charge in [-0.25, -0.2) is 0 Å². The number of rotatable bonds is 6. The number of pyridine rings is 1. The molecule has 0 bridgehead atoms. The monoisotopic (exact) mass is 573 g/mol. The average Bonchev–Trinajstić information content (AvgIpc) is 3.40. The van der Waals surface area contributed by atoms with Gasteiger partial charge in [0.2, 0.25) is 0 Å². The summed E-state index contributed by atoms with van der Waals surface area (Å²) in [6, 6.07) is 4.69. The van der Waals surface area contributed by atoms with E-state index in [0.29, 0.717) is 6.04 Å². The van der Waals surface area contributed by atoms with Gasteiger partial charge in [0.05, 0.1) is 12.0 Å². The van der Waals surface area contributed by atoms with Crippen LogP contribution in [0.15, 0.2) is 115 Å². The summed E-state index contributed by atoms with van der Waals surface area (Å²) in [5, 5.41) is 8.00. The Labute approximate surface area is 256 Å². The molecule has 5 nitrogen and oxygen atoms in total. The second-order valence-corrected chi connectivity index (χ2v) is 9.70. The van der Waals surface area contributed by atoms with Crippen molar-refractivity contribution in [1.82, 2.24) is 14.8 Å². The molecule has 0 spiro atoms. The molecule has 3 aliphatic rings. The first-order valence-electron chi connectivity index (χ1n) is 15.6. The third kappa shape index (κ3) is 11.0. The van der Waals surface area contributed by atoms with E-state index in [9.17, 15) is 0 Å². The molecule has 2 aliphatic heterocycles. The topological polar surface area (TPSA) is 48.8 Å². The molecule has 2 unspecified atom stereocenters. The first kappa shape index (κ1) is 36.5. The second kappa shape index (κ2) is 21.2. The summed E-state index contributed by atoms with van der Waals surface area (Å²) in [6.07, 6.45) is 25.6. The van der Waals surface area contributed by atoms with Gasteiger partial charge < -0.3 is 19.6 Å². The van der Waals surface area contributed by atoms with E-state index in [2.05, 4.69) is 90.4 Å². The van der Waals surface area contributed by atoms with Crippen molar-refractivity contribution in [3.8, 4) is 0 Å². The first-order valence-corrected chi connectivity index (χ1v) is 15.6. The molecule has 42 heavy (non-hydrogen) atoms. The maximum absolute atomic E-state index is 8.00. The molecule has 1 saturated heterocycles. The van der Waals surface area contributed by atoms with E-state index in [1.54, 1.807) is 0 Å². The second-order valence-electron chi connectivity index (χ2n) is 9.70. The maximum Gasteiger partial charge on any atom is 0.147 e. The Balaban J connectivity index is 0.000000775. The van der Waals surface area contributed by atoms with Gasteiger partial charge in [0, 0.05) is 31.4 Å². The van der Waals surface area contributed by atoms with Crippen LogP contribution in [0.2, 0.25) is 0 Å². The standard InChI is InChI=1S/C28H35N3O.C5H8O.2C2H6/c1-4-7-12-25-27(5-2)32-28-21-23(22-14-17-29-18-15-22)10-8-13-26(28)31(25)24-11-9-19-30(6-3)20-16-24;1-5(2)3-4-6;2*1-2/h4-5,7-8,10,12,14-15,17-18,21,24-25H,1,6,9,11,13,16,19-20H2,2-3H3;3-4,6H,1H2,2H3;2*1-2H3/b12-7?,27-5+;4-3-;;. The van der Waals surface area contributed by atoms with Crippen LogP contribution in [0.25, 0.3) is 5.57 Å². The summed E-state index contributed by atoms with van der Waals surface area (Å²) < 4.78 is 6.55. The molecular formula is C37H55N3O2. The van der Waals surface area contributed by atoms with Gasteiger partial charge in [-0.2, -0.15) is 0 Å². The van der Waals surface area contributed by atoms with Gasteiger partial charge in [0.15, 0.2) is 0 Å². The van der Waals surface area contributed by atoms with E-state index >= 15 is 0 Å². The Hall–Kier alpha value is -3.57. The van der Waals surface area contributed by atoms with E-state index in [1.807, 2.05) is 53.1 Å². The minimum absolute atomic E-state index is 0.0965. The van der Waals surface area contributed by atoms with Crippen molar-refractivity contribution in [3.05, 3.63) is 121 Å². The highest BCUT2D eigenvalue weighted by Crippen LogP contribution is 2.39. The van der Waals surface area contributed by atoms with Crippen molar-refractivity contribution in [1.29, 1.82) is 0 Å². The molecule has 0 aromatic carbocycles. The SMILES string of the molecule is C=C(C)/C=C\O.C=CC=CC1/C(=C\C)OC2=C(CC=CC(c3ccncc3)=C2)N1C1CCCN(CC)CC1.CC.CC. The molecule has 2 atom stereocenters. The summed E-state index contributed by atoms with van der Waals surface area (Å²) in [4.78, 5) is 9.39. The number of nitrogens with zero attached hydrogens (tertiary/aromatic N) is 3. The van der Waals surface area contributed by atoms with Gasteiger partial charge in [-0.1, -0.05) is 83.7 Å². The summed E-state index contributed by atoms with van der Waals surface area (Å²) in [6.45, 7) is 25.0. The molecule has 1 aliphatic carbocycles. The van der Waals surface area contributed by atoms with Gasteiger partial charge in [-0.3, -0.25) is 4.98 Å². The number of likely N-dealkylation sites (tertiary alicyclic amines) is 1. The third-order valence-corrected chi connectivity index (χ3v) is 7.03. The lowest BCUT2D eigenvalue weighted by Crippen LogP contribution is -2.46. The highest BCUT2D eigenvalue weighted by atomic mass is 16.5.